The van der Waals surface area contributed by atoms with Crippen LogP contribution in [-0.2, 0) is 0 Å². The van der Waals surface area contributed by atoms with E-state index in [-0.39, 0.29) is 0 Å². The molecular formula is C12H21P. The molecule has 0 heterocycles. The van der Waals surface area contributed by atoms with E-state index < -0.39 is 0 Å². The first kappa shape index (κ1) is 8.72. The molecule has 4 fully saturated rings. The van der Waals surface area contributed by atoms with Crippen LogP contribution in [0.5, 0.6) is 0 Å². The van der Waals surface area contributed by atoms with Gasteiger partial charge in [0, 0.05) is 0 Å². The number of hydrogen-bond acceptors (Lipinski definition) is 0. The third-order valence-corrected chi connectivity index (χ3v) is 7.40. The van der Waals surface area contributed by atoms with Crippen molar-refractivity contribution in [1.82, 2.24) is 0 Å². The van der Waals surface area contributed by atoms with Crippen molar-refractivity contribution in [3.05, 3.63) is 0 Å². The Morgan fingerprint density at radius 2 is 1.23 bits per heavy atom. The van der Waals surface area contributed by atoms with Crippen LogP contribution in [0.25, 0.3) is 0 Å². The predicted octanol–water partition coefficient (Wildman–Crippen LogP) is 3.70. The van der Waals surface area contributed by atoms with Gasteiger partial charge in [-0.25, -0.2) is 0 Å². The summed E-state index contributed by atoms with van der Waals surface area (Å²) < 4.78 is 0. The second-order valence-electron chi connectivity index (χ2n) is 6.04. The topological polar surface area (TPSA) is 0 Å². The summed E-state index contributed by atoms with van der Waals surface area (Å²) in [6.45, 7) is 5.06. The number of rotatable bonds is 1. The van der Waals surface area contributed by atoms with E-state index in [9.17, 15) is 0 Å². The van der Waals surface area contributed by atoms with Crippen LogP contribution in [0.3, 0.4) is 0 Å². The lowest BCUT2D eigenvalue weighted by Crippen LogP contribution is -2.49. The summed E-state index contributed by atoms with van der Waals surface area (Å²) in [6, 6.07) is 0. The first-order chi connectivity index (χ1) is 6.18. The maximum Gasteiger partial charge on any atom is -0.00914 e. The van der Waals surface area contributed by atoms with Crippen molar-refractivity contribution in [3.8, 4) is 0 Å². The maximum absolute atomic E-state index is 2.53. The fourth-order valence-electron chi connectivity index (χ4n) is 4.61. The Balaban J connectivity index is 1.91. The molecule has 0 spiro atoms. The molecule has 0 atom stereocenters. The van der Waals surface area contributed by atoms with Gasteiger partial charge in [-0.3, -0.25) is 0 Å². The second kappa shape index (κ2) is 2.72. The Kier molecular flexibility index (Phi) is 1.82. The lowest BCUT2D eigenvalue weighted by atomic mass is 9.56. The summed E-state index contributed by atoms with van der Waals surface area (Å²) in [5.41, 5.74) is 0. The van der Waals surface area contributed by atoms with E-state index in [1.54, 1.807) is 38.5 Å². The number of hydrogen-bond donors (Lipinski definition) is 0. The molecule has 0 aromatic heterocycles. The maximum atomic E-state index is 2.53. The van der Waals surface area contributed by atoms with Gasteiger partial charge in [0.15, 0.2) is 0 Å². The van der Waals surface area contributed by atoms with Crippen molar-refractivity contribution in [2.75, 3.05) is 13.3 Å². The zero-order chi connectivity index (χ0) is 9.05. The third kappa shape index (κ3) is 1.21. The highest BCUT2D eigenvalue weighted by molar-refractivity contribution is 7.57. The van der Waals surface area contributed by atoms with Crippen LogP contribution in [0.1, 0.15) is 38.5 Å². The van der Waals surface area contributed by atoms with E-state index in [0.717, 1.165) is 22.9 Å². The van der Waals surface area contributed by atoms with Crippen molar-refractivity contribution in [2.24, 2.45) is 17.8 Å². The van der Waals surface area contributed by atoms with Crippen molar-refractivity contribution >= 4 is 7.92 Å². The lowest BCUT2D eigenvalue weighted by Gasteiger charge is -2.58. The zero-order valence-electron chi connectivity index (χ0n) is 8.92. The quantitative estimate of drug-likeness (QED) is 0.561. The van der Waals surface area contributed by atoms with E-state index in [4.69, 9.17) is 0 Å². The summed E-state index contributed by atoms with van der Waals surface area (Å²) in [5, 5.41) is 0.865. The highest BCUT2D eigenvalue weighted by Gasteiger charge is 2.51. The first-order valence-electron chi connectivity index (χ1n) is 5.85. The Morgan fingerprint density at radius 1 is 0.846 bits per heavy atom. The standard InChI is InChI=1S/C12H21P/c1-13(2)12-6-9-3-10(7-12)5-11(4-9)8-12/h9-11H,3-8H2,1-2H3. The van der Waals surface area contributed by atoms with Crippen molar-refractivity contribution in [1.29, 1.82) is 0 Å². The van der Waals surface area contributed by atoms with E-state index in [1.807, 2.05) is 0 Å². The van der Waals surface area contributed by atoms with Crippen LogP contribution in [0.4, 0.5) is 0 Å². The van der Waals surface area contributed by atoms with Crippen LogP contribution in [0.15, 0.2) is 0 Å². The Morgan fingerprint density at radius 3 is 1.54 bits per heavy atom. The van der Waals surface area contributed by atoms with Gasteiger partial charge in [0.05, 0.1) is 0 Å². The molecule has 0 aromatic rings. The molecule has 13 heavy (non-hydrogen) atoms. The smallest absolute Gasteiger partial charge is 0.00914 e. The molecule has 1 heteroatoms. The van der Waals surface area contributed by atoms with E-state index in [0.29, 0.717) is 7.92 Å². The second-order valence-corrected chi connectivity index (χ2v) is 8.77. The van der Waals surface area contributed by atoms with Crippen molar-refractivity contribution < 1.29 is 0 Å². The summed E-state index contributed by atoms with van der Waals surface area (Å²) in [4.78, 5) is 0. The minimum atomic E-state index is 0.325. The largest absolute Gasteiger partial charge is 0.107 e. The van der Waals surface area contributed by atoms with Gasteiger partial charge < -0.3 is 0 Å². The Hall–Kier alpha value is 0.430. The van der Waals surface area contributed by atoms with Crippen LogP contribution in [0.2, 0.25) is 0 Å². The normalized spacial score (nSPS) is 53.3. The van der Waals surface area contributed by atoms with E-state index in [2.05, 4.69) is 13.3 Å². The molecular weight excluding hydrogens is 175 g/mol. The van der Waals surface area contributed by atoms with E-state index >= 15 is 0 Å². The van der Waals surface area contributed by atoms with Gasteiger partial charge in [0.2, 0.25) is 0 Å². The van der Waals surface area contributed by atoms with E-state index in [1.165, 1.54) is 0 Å². The van der Waals surface area contributed by atoms with Gasteiger partial charge in [0.25, 0.3) is 0 Å². The van der Waals surface area contributed by atoms with Crippen molar-refractivity contribution in [3.63, 3.8) is 0 Å². The van der Waals surface area contributed by atoms with Crippen LogP contribution in [0, 0.1) is 17.8 Å². The average molecular weight is 196 g/mol. The predicted molar refractivity (Wildman–Crippen MR) is 59.7 cm³/mol. The summed E-state index contributed by atoms with van der Waals surface area (Å²) in [5.74, 6) is 3.45. The molecule has 4 aliphatic carbocycles. The van der Waals surface area contributed by atoms with Gasteiger partial charge in [-0.15, -0.1) is 7.92 Å². The Bertz CT molecular complexity index is 184. The molecule has 74 valence electrons. The third-order valence-electron chi connectivity index (χ3n) is 4.95. The molecule has 0 aromatic carbocycles. The van der Waals surface area contributed by atoms with Gasteiger partial charge in [-0.2, -0.15) is 0 Å². The lowest BCUT2D eigenvalue weighted by molar-refractivity contribution is 0.0359. The molecule has 4 bridgehead atoms. The molecule has 4 rings (SSSR count). The molecule has 0 saturated heterocycles. The molecule has 0 N–H and O–H groups in total. The highest BCUT2D eigenvalue weighted by Crippen LogP contribution is 2.66. The molecule has 0 radical (unpaired) electrons. The molecule has 0 amide bonds. The molecule has 0 aliphatic heterocycles. The van der Waals surface area contributed by atoms with Crippen LogP contribution < -0.4 is 0 Å². The van der Waals surface area contributed by atoms with Crippen LogP contribution in [-0.4, -0.2) is 18.5 Å². The average Bonchev–Trinajstić information content (AvgIpc) is 2.00. The fraction of sp³-hybridized carbons (Fsp3) is 1.00. The van der Waals surface area contributed by atoms with Crippen molar-refractivity contribution in [2.45, 2.75) is 43.7 Å². The highest BCUT2D eigenvalue weighted by atomic mass is 31.1. The monoisotopic (exact) mass is 196 g/mol. The van der Waals surface area contributed by atoms with Gasteiger partial charge in [0.1, 0.15) is 0 Å². The minimum absolute atomic E-state index is 0.325. The SMILES string of the molecule is CP(C)C12CC3CC(CC(C3)C1)C2. The minimum Gasteiger partial charge on any atom is -0.107 e. The fourth-order valence-corrected chi connectivity index (χ4v) is 6.48. The van der Waals surface area contributed by atoms with Gasteiger partial charge in [-0.05, 0) is 74.8 Å². The van der Waals surface area contributed by atoms with Crippen LogP contribution >= 0.6 is 7.92 Å². The zero-order valence-corrected chi connectivity index (χ0v) is 9.82. The summed E-state index contributed by atoms with van der Waals surface area (Å²) >= 11 is 0. The summed E-state index contributed by atoms with van der Waals surface area (Å²) in [6.07, 6.45) is 9.63. The molecule has 0 unspecified atom stereocenters. The van der Waals surface area contributed by atoms with Gasteiger partial charge >= 0.3 is 0 Å². The molecule has 4 aliphatic rings. The summed E-state index contributed by atoms with van der Waals surface area (Å²) in [7, 11) is 0.325. The molecule has 4 saturated carbocycles. The first-order valence-corrected chi connectivity index (χ1v) is 8.09. The molecule has 0 nitrogen and oxygen atoms in total. The Labute approximate surface area is 83.2 Å². The van der Waals surface area contributed by atoms with Gasteiger partial charge in [-0.1, -0.05) is 0 Å².